The van der Waals surface area contributed by atoms with Crippen LogP contribution in [0.5, 0.6) is 11.8 Å². The molecule has 4 heterocycles. The Bertz CT molecular complexity index is 2750. The molecule has 1 saturated carbocycles. The number of imide groups is 1. The molecular weight excluding hydrogens is 995 g/mol. The number of carbonyl (C=O) groups is 8. The topological polar surface area (TPSA) is 323 Å². The van der Waals surface area contributed by atoms with E-state index in [2.05, 4.69) is 70.0 Å². The van der Waals surface area contributed by atoms with Crippen molar-refractivity contribution >= 4 is 64.1 Å². The molecule has 24 nitrogen and oxygen atoms in total. The van der Waals surface area contributed by atoms with Gasteiger partial charge in [-0.1, -0.05) is 62.2 Å². The highest BCUT2D eigenvalue weighted by atomic mass is 16.5. The fourth-order valence-electron chi connectivity index (χ4n) is 8.89. The molecule has 3 atom stereocenters. The van der Waals surface area contributed by atoms with Crippen molar-refractivity contribution in [2.75, 3.05) is 65.4 Å². The van der Waals surface area contributed by atoms with E-state index in [0.29, 0.717) is 62.2 Å². The van der Waals surface area contributed by atoms with Crippen LogP contribution in [0.25, 0.3) is 11.0 Å². The highest BCUT2D eigenvalue weighted by Crippen LogP contribution is 2.35. The van der Waals surface area contributed by atoms with Crippen LogP contribution in [-0.4, -0.2) is 155 Å². The third-order valence-corrected chi connectivity index (χ3v) is 13.2. The number of fused-ring (bicyclic) bond motifs is 1. The number of hydrogen-bond donors (Lipinski definition) is 8. The summed E-state index contributed by atoms with van der Waals surface area (Å²) in [4.78, 5) is 113. The Balaban J connectivity index is 0.800. The minimum absolute atomic E-state index is 0.0145. The Morgan fingerprint density at radius 1 is 0.805 bits per heavy atom. The number of aromatic amines is 1. The lowest BCUT2D eigenvalue weighted by molar-refractivity contribution is -0.138. The van der Waals surface area contributed by atoms with Gasteiger partial charge < -0.3 is 51.8 Å². The summed E-state index contributed by atoms with van der Waals surface area (Å²) in [7, 11) is 1.63. The molecule has 2 fully saturated rings. The van der Waals surface area contributed by atoms with Crippen LogP contribution < -0.4 is 47.1 Å². The molecule has 2 aliphatic heterocycles. The summed E-state index contributed by atoms with van der Waals surface area (Å²) in [5, 5.41) is 23.2. The fourth-order valence-corrected chi connectivity index (χ4v) is 8.89. The molecule has 0 bridgehead atoms. The molecule has 0 unspecified atom stereocenters. The van der Waals surface area contributed by atoms with Crippen LogP contribution >= 0.6 is 0 Å². The Morgan fingerprint density at radius 2 is 1.55 bits per heavy atom. The number of ether oxygens (including phenoxy) is 3. The maximum absolute atomic E-state index is 13.6. The van der Waals surface area contributed by atoms with E-state index in [1.165, 1.54) is 12.2 Å². The average Bonchev–Trinajstić information content (AvgIpc) is 3.94. The Hall–Kier alpha value is -7.99. The molecule has 7 rings (SSSR count). The number of H-pyrrole nitrogens is 1. The molecule has 1 aliphatic carbocycles. The van der Waals surface area contributed by atoms with Gasteiger partial charge in [0.25, 0.3) is 11.8 Å². The largest absolute Gasteiger partial charge is 0.496 e. The predicted molar refractivity (Wildman–Crippen MR) is 280 cm³/mol. The summed E-state index contributed by atoms with van der Waals surface area (Å²) in [5.74, 6) is -2.89. The number of benzene rings is 2. The van der Waals surface area contributed by atoms with Crippen LogP contribution in [0, 0.1) is 5.92 Å². The number of nitrogens with one attached hydrogen (secondary N) is 7. The smallest absolute Gasteiger partial charge is 0.319 e. The van der Waals surface area contributed by atoms with E-state index < -0.39 is 48.9 Å². The lowest BCUT2D eigenvalue weighted by Crippen LogP contribution is -2.52. The van der Waals surface area contributed by atoms with Crippen LogP contribution in [0.15, 0.2) is 60.7 Å². The monoisotopic (exact) mass is 1060 g/mol. The van der Waals surface area contributed by atoms with E-state index in [4.69, 9.17) is 19.9 Å². The number of nitrogen functional groups attached to an aromatic ring is 1. The number of hydrogen-bond acceptors (Lipinski definition) is 16. The van der Waals surface area contributed by atoms with Crippen molar-refractivity contribution in [2.24, 2.45) is 5.92 Å². The van der Waals surface area contributed by atoms with Crippen molar-refractivity contribution < 1.29 is 52.6 Å². The van der Waals surface area contributed by atoms with Crippen LogP contribution in [-0.2, 0) is 62.5 Å². The first-order valence-corrected chi connectivity index (χ1v) is 26.1. The SMILES string of the molecule is CCCCOc1nc(N)c2n[nH]c(Cc3ccc(CN4CC[C@@H](NC(=O)[C@@H](OCNC(=O)CNC(=O)[C@H](Cc5ccccc5)NC(=O)CNC(=O)CNC(=O)CCCCCN5C(=O)C=CC5=O)C5CC5)C4)cc3OC)c2n1. The third-order valence-electron chi connectivity index (χ3n) is 13.2. The Morgan fingerprint density at radius 3 is 2.30 bits per heavy atom. The first-order chi connectivity index (χ1) is 37.3. The van der Waals surface area contributed by atoms with Gasteiger partial charge in [-0.3, -0.25) is 53.3 Å². The number of amides is 8. The van der Waals surface area contributed by atoms with E-state index in [1.807, 2.05) is 12.1 Å². The van der Waals surface area contributed by atoms with Gasteiger partial charge in [0.05, 0.1) is 39.0 Å². The molecule has 24 heteroatoms. The number of anilines is 1. The zero-order valence-corrected chi connectivity index (χ0v) is 43.5. The maximum Gasteiger partial charge on any atom is 0.319 e. The third kappa shape index (κ3) is 17.3. The molecule has 3 aliphatic rings. The van der Waals surface area contributed by atoms with Gasteiger partial charge in [0.1, 0.15) is 30.1 Å². The number of carbonyl (C=O) groups excluding carboxylic acids is 8. The van der Waals surface area contributed by atoms with Crippen LogP contribution in [0.3, 0.4) is 0 Å². The average molecular weight is 1060 g/mol. The molecule has 4 aromatic rings. The van der Waals surface area contributed by atoms with Gasteiger partial charge in [-0.25, -0.2) is 0 Å². The van der Waals surface area contributed by atoms with Crippen molar-refractivity contribution in [3.63, 3.8) is 0 Å². The fraction of sp³-hybridized carbons (Fsp3) is 0.491. The summed E-state index contributed by atoms with van der Waals surface area (Å²) in [5.41, 5.74) is 10.7. The minimum atomic E-state index is -1.11. The second-order valence-corrected chi connectivity index (χ2v) is 19.3. The first kappa shape index (κ1) is 56.7. The molecular formula is C53H69N13O11. The highest BCUT2D eigenvalue weighted by Gasteiger charge is 2.39. The van der Waals surface area contributed by atoms with Gasteiger partial charge in [-0.15, -0.1) is 0 Å². The lowest BCUT2D eigenvalue weighted by atomic mass is 10.0. The van der Waals surface area contributed by atoms with Gasteiger partial charge in [-0.2, -0.15) is 15.1 Å². The summed E-state index contributed by atoms with van der Waals surface area (Å²) in [6, 6.07) is 14.0. The second-order valence-electron chi connectivity index (χ2n) is 19.3. The van der Waals surface area contributed by atoms with E-state index >= 15 is 0 Å². The number of rotatable bonds is 31. The quantitative estimate of drug-likeness (QED) is 0.0197. The van der Waals surface area contributed by atoms with Crippen molar-refractivity contribution in [3.8, 4) is 11.8 Å². The highest BCUT2D eigenvalue weighted by molar-refractivity contribution is 6.12. The van der Waals surface area contributed by atoms with Gasteiger partial charge >= 0.3 is 6.01 Å². The summed E-state index contributed by atoms with van der Waals surface area (Å²) in [6.45, 7) is 3.31. The molecule has 0 spiro atoms. The molecule has 77 heavy (non-hydrogen) atoms. The molecule has 2 aromatic carbocycles. The van der Waals surface area contributed by atoms with Crippen LogP contribution in [0.1, 0.15) is 87.1 Å². The predicted octanol–water partition coefficient (Wildman–Crippen LogP) is 0.834. The number of nitrogens with two attached hydrogens (primary N) is 1. The Labute approximate surface area is 445 Å². The van der Waals surface area contributed by atoms with Gasteiger partial charge in [0.2, 0.25) is 35.4 Å². The Kier molecular flexibility index (Phi) is 20.8. The first-order valence-electron chi connectivity index (χ1n) is 26.1. The number of methoxy groups -OCH3 is 1. The molecule has 412 valence electrons. The minimum Gasteiger partial charge on any atom is -0.496 e. The number of likely N-dealkylation sites (tertiary alicyclic amines) is 1. The van der Waals surface area contributed by atoms with Crippen molar-refractivity contribution in [1.29, 1.82) is 0 Å². The molecule has 2 aromatic heterocycles. The molecule has 9 N–H and O–H groups in total. The standard InChI is InChI=1S/C53H69N13O11/c1-3-4-23-76-53-61-47-38(63-64-48(47)50(54)62-53)26-36-15-14-34(25-40(36)75-2)30-65-22-20-37(31-65)59-52(74)49(35-16-17-35)77-32-58-43(69)28-57-51(73)39(24-33-11-7-5-8-12-33)60-44(70)29-56-42(68)27-55-41(67)13-9-6-10-21-66-45(71)18-19-46(66)72/h5,7-8,11-12,14-15,18-19,25,35,37,39,49H,3-4,6,9-10,13,16-17,20-24,26-32H2,1-2H3,(H,55,67)(H,56,68)(H,57,73)(H,58,69)(H,59,74)(H,60,70)(H,63,64)(H2,54,61,62)/t37-,39+,49+/m1/s1. The summed E-state index contributed by atoms with van der Waals surface area (Å²) < 4.78 is 17.5. The summed E-state index contributed by atoms with van der Waals surface area (Å²) in [6.07, 6.45) is 8.18. The van der Waals surface area contributed by atoms with Crippen molar-refractivity contribution in [2.45, 2.75) is 102 Å². The second kappa shape index (κ2) is 28.2. The molecule has 8 amide bonds. The van der Waals surface area contributed by atoms with E-state index in [9.17, 15) is 38.4 Å². The molecule has 0 radical (unpaired) electrons. The van der Waals surface area contributed by atoms with Crippen molar-refractivity contribution in [3.05, 3.63) is 83.1 Å². The summed E-state index contributed by atoms with van der Waals surface area (Å²) >= 11 is 0. The van der Waals surface area contributed by atoms with Gasteiger partial charge in [-0.05, 0) is 61.6 Å². The normalized spacial score (nSPS) is 16.0. The van der Waals surface area contributed by atoms with Gasteiger partial charge in [0.15, 0.2) is 11.3 Å². The number of unbranched alkanes of at least 4 members (excludes halogenated alkanes) is 3. The number of nitrogens with zero attached hydrogens (tertiary/aromatic N) is 5. The van der Waals surface area contributed by atoms with E-state index in [1.54, 1.807) is 37.4 Å². The molecule has 1 saturated heterocycles. The zero-order chi connectivity index (χ0) is 54.7. The van der Waals surface area contributed by atoms with Crippen LogP contribution in [0.4, 0.5) is 5.82 Å². The maximum atomic E-state index is 13.6. The lowest BCUT2D eigenvalue weighted by Gasteiger charge is -2.21. The van der Waals surface area contributed by atoms with E-state index in [0.717, 1.165) is 65.9 Å². The van der Waals surface area contributed by atoms with Gasteiger partial charge in [0, 0.05) is 69.2 Å². The zero-order valence-electron chi connectivity index (χ0n) is 43.5. The van der Waals surface area contributed by atoms with Crippen molar-refractivity contribution in [1.82, 2.24) is 61.9 Å². The van der Waals surface area contributed by atoms with Crippen LogP contribution in [0.2, 0.25) is 0 Å². The number of aromatic nitrogens is 4. The van der Waals surface area contributed by atoms with E-state index in [-0.39, 0.29) is 80.1 Å².